The Morgan fingerprint density at radius 1 is 1.61 bits per heavy atom. The van der Waals surface area contributed by atoms with Crippen molar-refractivity contribution in [3.05, 3.63) is 21.8 Å². The van der Waals surface area contributed by atoms with E-state index in [-0.39, 0.29) is 12.3 Å². The lowest BCUT2D eigenvalue weighted by Gasteiger charge is -2.08. The van der Waals surface area contributed by atoms with Crippen LogP contribution in [0.25, 0.3) is 0 Å². The van der Waals surface area contributed by atoms with Gasteiger partial charge in [0.15, 0.2) is 0 Å². The maximum Gasteiger partial charge on any atom is 0.231 e. The first-order valence-corrected chi connectivity index (χ1v) is 7.10. The standard InChI is InChI=1S/C9H17N3O5S/c1-4-8(7(2)12(14)15)5-9(11-13)6-10-18(3,16)17/h5,7,10,13H,4,6H2,1-3H3/b8-5+,11-9+. The third-order valence-corrected chi connectivity index (χ3v) is 2.93. The molecule has 1 unspecified atom stereocenters. The number of hydrogen-bond acceptors (Lipinski definition) is 6. The van der Waals surface area contributed by atoms with Gasteiger partial charge >= 0.3 is 0 Å². The van der Waals surface area contributed by atoms with Crippen molar-refractivity contribution in [3.8, 4) is 0 Å². The highest BCUT2D eigenvalue weighted by Gasteiger charge is 2.18. The van der Waals surface area contributed by atoms with Crippen LogP contribution >= 0.6 is 0 Å². The Balaban J connectivity index is 4.92. The molecule has 0 saturated carbocycles. The smallest absolute Gasteiger partial charge is 0.231 e. The molecule has 0 heterocycles. The first kappa shape index (κ1) is 16.5. The normalized spacial score (nSPS) is 15.5. The average molecular weight is 279 g/mol. The summed E-state index contributed by atoms with van der Waals surface area (Å²) in [5.74, 6) is 0. The summed E-state index contributed by atoms with van der Waals surface area (Å²) < 4.78 is 23.9. The number of sulfonamides is 1. The summed E-state index contributed by atoms with van der Waals surface area (Å²) in [5.41, 5.74) is 0.467. The van der Waals surface area contributed by atoms with Crippen LogP contribution in [0.2, 0.25) is 0 Å². The Labute approximate surface area is 106 Å². The predicted octanol–water partition coefficient (Wildman–Crippen LogP) is 0.367. The van der Waals surface area contributed by atoms with Gasteiger partial charge in [-0.2, -0.15) is 0 Å². The van der Waals surface area contributed by atoms with E-state index >= 15 is 0 Å². The van der Waals surface area contributed by atoms with Crippen molar-refractivity contribution in [2.45, 2.75) is 26.3 Å². The van der Waals surface area contributed by atoms with Gasteiger partial charge in [0.05, 0.1) is 18.5 Å². The van der Waals surface area contributed by atoms with Gasteiger partial charge in [0.1, 0.15) is 0 Å². The number of oxime groups is 1. The van der Waals surface area contributed by atoms with Gasteiger partial charge in [0.2, 0.25) is 16.1 Å². The lowest BCUT2D eigenvalue weighted by molar-refractivity contribution is -0.507. The Morgan fingerprint density at radius 3 is 2.50 bits per heavy atom. The third kappa shape index (κ3) is 6.30. The molecule has 0 aromatic heterocycles. The summed E-state index contributed by atoms with van der Waals surface area (Å²) in [6, 6.07) is -0.912. The molecule has 0 radical (unpaired) electrons. The molecule has 2 N–H and O–H groups in total. The SMILES string of the molecule is CC/C(=C\C(CNS(C)(=O)=O)=N/O)C(C)[N+](=O)[O-]. The van der Waals surface area contributed by atoms with Crippen LogP contribution in [0, 0.1) is 10.1 Å². The number of nitrogens with zero attached hydrogens (tertiary/aromatic N) is 2. The van der Waals surface area contributed by atoms with Crippen LogP contribution in [0.1, 0.15) is 20.3 Å². The van der Waals surface area contributed by atoms with Gasteiger partial charge in [-0.25, -0.2) is 13.1 Å². The van der Waals surface area contributed by atoms with E-state index in [2.05, 4.69) is 9.88 Å². The molecule has 0 aliphatic rings. The summed E-state index contributed by atoms with van der Waals surface area (Å²) in [6.45, 7) is 2.92. The molecule has 0 aliphatic heterocycles. The summed E-state index contributed by atoms with van der Waals surface area (Å²) in [5, 5.41) is 22.3. The lowest BCUT2D eigenvalue weighted by atomic mass is 10.0. The van der Waals surface area contributed by atoms with Crippen LogP contribution in [0.3, 0.4) is 0 Å². The highest BCUT2D eigenvalue weighted by atomic mass is 32.2. The molecule has 0 spiro atoms. The van der Waals surface area contributed by atoms with Gasteiger partial charge in [-0.3, -0.25) is 10.1 Å². The first-order chi connectivity index (χ1) is 8.21. The summed E-state index contributed by atoms with van der Waals surface area (Å²) in [6.07, 6.45) is 2.69. The minimum absolute atomic E-state index is 0.0194. The van der Waals surface area contributed by atoms with Gasteiger partial charge < -0.3 is 5.21 Å². The molecule has 8 nitrogen and oxygen atoms in total. The van der Waals surface area contributed by atoms with Crippen LogP contribution < -0.4 is 4.72 Å². The van der Waals surface area contributed by atoms with E-state index in [1.54, 1.807) is 6.92 Å². The van der Waals surface area contributed by atoms with Gasteiger partial charge in [0.25, 0.3) is 0 Å². The molecule has 104 valence electrons. The summed E-state index contributed by atoms with van der Waals surface area (Å²) in [4.78, 5) is 10.2. The van der Waals surface area contributed by atoms with Crippen molar-refractivity contribution in [1.29, 1.82) is 0 Å². The molecule has 1 atom stereocenters. The minimum Gasteiger partial charge on any atom is -0.411 e. The fraction of sp³-hybridized carbons (Fsp3) is 0.667. The molecule has 0 rings (SSSR count). The molecule has 9 heteroatoms. The number of rotatable bonds is 7. The van der Waals surface area contributed by atoms with Crippen LogP contribution in [-0.2, 0) is 10.0 Å². The van der Waals surface area contributed by atoms with Gasteiger partial charge in [0, 0.05) is 17.4 Å². The van der Waals surface area contributed by atoms with Crippen LogP contribution in [-0.4, -0.2) is 43.1 Å². The zero-order valence-corrected chi connectivity index (χ0v) is 11.3. The first-order valence-electron chi connectivity index (χ1n) is 5.20. The maximum atomic E-state index is 10.9. The van der Waals surface area contributed by atoms with E-state index in [0.29, 0.717) is 12.0 Å². The number of hydrogen-bond donors (Lipinski definition) is 2. The molecule has 0 bridgehead atoms. The van der Waals surface area contributed by atoms with Gasteiger partial charge in [-0.15, -0.1) is 0 Å². The molecule has 18 heavy (non-hydrogen) atoms. The Kier molecular flexibility index (Phi) is 6.48. The molecule has 0 saturated heterocycles. The second kappa shape index (κ2) is 7.07. The third-order valence-electron chi connectivity index (χ3n) is 2.26. The molecule has 0 aliphatic carbocycles. The zero-order valence-electron chi connectivity index (χ0n) is 10.5. The molecule has 0 fully saturated rings. The maximum absolute atomic E-state index is 10.9. The topological polar surface area (TPSA) is 122 Å². The fourth-order valence-electron chi connectivity index (χ4n) is 1.19. The van der Waals surface area contributed by atoms with Crippen molar-refractivity contribution in [2.75, 3.05) is 12.8 Å². The van der Waals surface area contributed by atoms with E-state index in [1.165, 1.54) is 13.0 Å². The highest BCUT2D eigenvalue weighted by molar-refractivity contribution is 7.88. The van der Waals surface area contributed by atoms with E-state index < -0.39 is 21.0 Å². The molecular formula is C9H17N3O5S. The van der Waals surface area contributed by atoms with Gasteiger partial charge in [-0.1, -0.05) is 12.1 Å². The summed E-state index contributed by atoms with van der Waals surface area (Å²) >= 11 is 0. The van der Waals surface area contributed by atoms with Crippen LogP contribution in [0.4, 0.5) is 0 Å². The highest BCUT2D eigenvalue weighted by Crippen LogP contribution is 2.10. The van der Waals surface area contributed by atoms with Crippen LogP contribution in [0.5, 0.6) is 0 Å². The van der Waals surface area contributed by atoms with Crippen LogP contribution in [0.15, 0.2) is 16.8 Å². The van der Waals surface area contributed by atoms with Crippen molar-refractivity contribution in [1.82, 2.24) is 4.72 Å². The Hall–Kier alpha value is -1.48. The van der Waals surface area contributed by atoms with E-state index in [9.17, 15) is 18.5 Å². The minimum atomic E-state index is -3.41. The monoisotopic (exact) mass is 279 g/mol. The van der Waals surface area contributed by atoms with Crippen molar-refractivity contribution in [3.63, 3.8) is 0 Å². The van der Waals surface area contributed by atoms with Crippen molar-refractivity contribution >= 4 is 15.7 Å². The molecular weight excluding hydrogens is 262 g/mol. The zero-order chi connectivity index (χ0) is 14.3. The Morgan fingerprint density at radius 2 is 2.17 bits per heavy atom. The molecule has 0 amide bonds. The summed E-state index contributed by atoms with van der Waals surface area (Å²) in [7, 11) is -3.41. The van der Waals surface area contributed by atoms with Gasteiger partial charge in [-0.05, 0) is 12.5 Å². The predicted molar refractivity (Wildman–Crippen MR) is 66.9 cm³/mol. The van der Waals surface area contributed by atoms with E-state index in [1.807, 2.05) is 0 Å². The molecule has 0 aromatic carbocycles. The fourth-order valence-corrected chi connectivity index (χ4v) is 1.60. The van der Waals surface area contributed by atoms with E-state index in [0.717, 1.165) is 6.26 Å². The van der Waals surface area contributed by atoms with Crippen molar-refractivity contribution in [2.24, 2.45) is 5.16 Å². The second-order valence-corrected chi connectivity index (χ2v) is 5.55. The average Bonchev–Trinajstić information content (AvgIpc) is 2.27. The lowest BCUT2D eigenvalue weighted by Crippen LogP contribution is -2.28. The number of nitro groups is 1. The van der Waals surface area contributed by atoms with E-state index in [4.69, 9.17) is 5.21 Å². The second-order valence-electron chi connectivity index (χ2n) is 3.72. The van der Waals surface area contributed by atoms with Crippen molar-refractivity contribution < 1.29 is 18.5 Å². The molecule has 0 aromatic rings. The quantitative estimate of drug-likeness (QED) is 0.302. The number of nitrogens with one attached hydrogen (secondary N) is 1. The Bertz CT molecular complexity index is 455. The largest absolute Gasteiger partial charge is 0.411 e.